The van der Waals surface area contributed by atoms with Crippen LogP contribution >= 0.6 is 15.9 Å². The first kappa shape index (κ1) is 15.0. The second kappa shape index (κ2) is 5.73. The molecule has 0 aliphatic carbocycles. The van der Waals surface area contributed by atoms with E-state index in [2.05, 4.69) is 21.1 Å². The molecule has 2 saturated heterocycles. The Hall–Kier alpha value is -0.870. The van der Waals surface area contributed by atoms with Crippen LogP contribution < -0.4 is 0 Å². The lowest BCUT2D eigenvalue weighted by Gasteiger charge is -2.16. The monoisotopic (exact) mass is 377 g/mol. The van der Waals surface area contributed by atoms with Crippen molar-refractivity contribution in [1.82, 2.24) is 0 Å². The Kier molecular flexibility index (Phi) is 4.10. The molecule has 7 nitrogen and oxygen atoms in total. The molecular weight excluding hydrogens is 366 g/mol. The number of benzene rings is 1. The Balaban J connectivity index is 1.75. The van der Waals surface area contributed by atoms with Gasteiger partial charge in [0.2, 0.25) is 0 Å². The van der Waals surface area contributed by atoms with Crippen molar-refractivity contribution in [1.29, 1.82) is 0 Å². The van der Waals surface area contributed by atoms with E-state index in [0.717, 1.165) is 4.47 Å². The fraction of sp³-hybridized carbons (Fsp3) is 0.500. The maximum Gasteiger partial charge on any atom is 0.297 e. The van der Waals surface area contributed by atoms with Gasteiger partial charge in [-0.1, -0.05) is 21.1 Å². The molecule has 2 aliphatic rings. The fourth-order valence-corrected chi connectivity index (χ4v) is 3.77. The van der Waals surface area contributed by atoms with Crippen molar-refractivity contribution in [3.05, 3.63) is 33.6 Å². The second-order valence-electron chi connectivity index (χ2n) is 4.81. The molecule has 4 atom stereocenters. The molecule has 9 heteroatoms. The summed E-state index contributed by atoms with van der Waals surface area (Å²) < 4.78 is 41.1. The highest BCUT2D eigenvalue weighted by molar-refractivity contribution is 9.10. The lowest BCUT2D eigenvalue weighted by atomic mass is 10.1. The predicted molar refractivity (Wildman–Crippen MR) is 75.3 cm³/mol. The summed E-state index contributed by atoms with van der Waals surface area (Å²) in [6, 6.07) is 5.50. The van der Waals surface area contributed by atoms with Gasteiger partial charge < -0.3 is 9.47 Å². The van der Waals surface area contributed by atoms with Crippen molar-refractivity contribution >= 4 is 26.0 Å². The van der Waals surface area contributed by atoms with E-state index in [1.165, 1.54) is 12.1 Å². The van der Waals surface area contributed by atoms with E-state index in [-0.39, 0.29) is 18.1 Å². The molecule has 2 heterocycles. The molecule has 3 rings (SSSR count). The van der Waals surface area contributed by atoms with Crippen LogP contribution in [0.1, 0.15) is 0 Å². The largest absolute Gasteiger partial charge is 0.370 e. The SMILES string of the molecule is O=N[C@H]1CO[C@H]2[C@@H]1OC[C@H]2OS(=O)(=O)c1ccc(Br)cc1. The van der Waals surface area contributed by atoms with Crippen molar-refractivity contribution < 1.29 is 22.1 Å². The van der Waals surface area contributed by atoms with Gasteiger partial charge in [0.05, 0.1) is 18.1 Å². The Morgan fingerprint density at radius 1 is 1.14 bits per heavy atom. The van der Waals surface area contributed by atoms with Crippen LogP contribution in [0.2, 0.25) is 0 Å². The van der Waals surface area contributed by atoms with E-state index in [1.807, 2.05) is 0 Å². The summed E-state index contributed by atoms with van der Waals surface area (Å²) in [5.74, 6) is 0. The molecule has 1 aromatic carbocycles. The summed E-state index contributed by atoms with van der Waals surface area (Å²) in [5.41, 5.74) is 0. The van der Waals surface area contributed by atoms with E-state index in [9.17, 15) is 13.3 Å². The summed E-state index contributed by atoms with van der Waals surface area (Å²) in [7, 11) is -3.91. The van der Waals surface area contributed by atoms with E-state index >= 15 is 0 Å². The van der Waals surface area contributed by atoms with Crippen LogP contribution in [-0.2, 0) is 23.8 Å². The van der Waals surface area contributed by atoms with Gasteiger partial charge in [-0.3, -0.25) is 4.18 Å². The summed E-state index contributed by atoms with van der Waals surface area (Å²) in [6.45, 7) is 0.175. The van der Waals surface area contributed by atoms with Crippen LogP contribution in [0.5, 0.6) is 0 Å². The number of rotatable bonds is 4. The molecule has 2 fully saturated rings. The molecule has 0 unspecified atom stereocenters. The Labute approximate surface area is 129 Å². The molecule has 0 spiro atoms. The molecule has 0 bridgehead atoms. The van der Waals surface area contributed by atoms with Gasteiger partial charge in [-0.05, 0) is 24.3 Å². The highest BCUT2D eigenvalue weighted by Gasteiger charge is 2.50. The number of fused-ring (bicyclic) bond motifs is 1. The van der Waals surface area contributed by atoms with Crippen LogP contribution in [0.4, 0.5) is 0 Å². The maximum absolute atomic E-state index is 12.2. The molecule has 1 aromatic rings. The first-order valence-corrected chi connectivity index (χ1v) is 8.46. The van der Waals surface area contributed by atoms with E-state index < -0.39 is 34.5 Å². The van der Waals surface area contributed by atoms with Gasteiger partial charge in [0.1, 0.15) is 24.4 Å². The summed E-state index contributed by atoms with van der Waals surface area (Å²) in [6.07, 6.45) is -1.89. The summed E-state index contributed by atoms with van der Waals surface area (Å²) in [4.78, 5) is 10.7. The molecule has 0 N–H and O–H groups in total. The molecule has 0 aromatic heterocycles. The van der Waals surface area contributed by atoms with Crippen molar-refractivity contribution in [3.63, 3.8) is 0 Å². The second-order valence-corrected chi connectivity index (χ2v) is 7.30. The number of hydrogen-bond acceptors (Lipinski definition) is 7. The molecule has 0 amide bonds. The first-order valence-electron chi connectivity index (χ1n) is 6.26. The van der Waals surface area contributed by atoms with Crippen molar-refractivity contribution in [2.75, 3.05) is 13.2 Å². The maximum atomic E-state index is 12.2. The average Bonchev–Trinajstić information content (AvgIpc) is 3.02. The Morgan fingerprint density at radius 3 is 2.48 bits per heavy atom. The van der Waals surface area contributed by atoms with Gasteiger partial charge in [0.25, 0.3) is 10.1 Å². The standard InChI is InChI=1S/C12H12BrNO6S/c13-7-1-3-8(4-2-7)21(16,17)20-10-6-19-11-9(14-15)5-18-12(10)11/h1-4,9-12H,5-6H2/t9-,10+,11+,12+/m0/s1. The van der Waals surface area contributed by atoms with E-state index in [0.29, 0.717) is 0 Å². The minimum absolute atomic E-state index is 0.0527. The van der Waals surface area contributed by atoms with Gasteiger partial charge in [-0.25, -0.2) is 0 Å². The number of ether oxygens (including phenoxy) is 2. The van der Waals surface area contributed by atoms with Crippen LogP contribution in [-0.4, -0.2) is 46.0 Å². The molecule has 0 saturated carbocycles. The molecule has 2 aliphatic heterocycles. The molecule has 114 valence electrons. The van der Waals surface area contributed by atoms with Gasteiger partial charge >= 0.3 is 0 Å². The van der Waals surface area contributed by atoms with Crippen LogP contribution in [0, 0.1) is 4.91 Å². The quantitative estimate of drug-likeness (QED) is 0.582. The Morgan fingerprint density at radius 2 is 1.81 bits per heavy atom. The minimum Gasteiger partial charge on any atom is -0.370 e. The van der Waals surface area contributed by atoms with Gasteiger partial charge in [0.15, 0.2) is 0 Å². The lowest BCUT2D eigenvalue weighted by Crippen LogP contribution is -2.33. The van der Waals surface area contributed by atoms with Crippen molar-refractivity contribution in [3.8, 4) is 0 Å². The third-order valence-electron chi connectivity index (χ3n) is 3.47. The molecular formula is C12H12BrNO6S. The van der Waals surface area contributed by atoms with Crippen molar-refractivity contribution in [2.45, 2.75) is 29.2 Å². The van der Waals surface area contributed by atoms with Crippen molar-refractivity contribution in [2.24, 2.45) is 5.18 Å². The van der Waals surface area contributed by atoms with Crippen LogP contribution in [0.25, 0.3) is 0 Å². The zero-order valence-corrected chi connectivity index (χ0v) is 13.1. The van der Waals surface area contributed by atoms with Crippen LogP contribution in [0.3, 0.4) is 0 Å². The normalized spacial score (nSPS) is 32.0. The minimum atomic E-state index is -3.91. The highest BCUT2D eigenvalue weighted by Crippen LogP contribution is 2.32. The van der Waals surface area contributed by atoms with E-state index in [4.69, 9.17) is 13.7 Å². The summed E-state index contributed by atoms with van der Waals surface area (Å²) in [5, 5.41) is 2.92. The number of nitrogens with zero attached hydrogens (tertiary/aromatic N) is 1. The number of hydrogen-bond donors (Lipinski definition) is 0. The third kappa shape index (κ3) is 2.88. The average molecular weight is 378 g/mol. The lowest BCUT2D eigenvalue weighted by molar-refractivity contribution is 0.0334. The molecule has 21 heavy (non-hydrogen) atoms. The fourth-order valence-electron chi connectivity index (χ4n) is 2.44. The number of nitroso groups, excluding NO2 is 1. The predicted octanol–water partition coefficient (Wildman–Crippen LogP) is 1.46. The highest BCUT2D eigenvalue weighted by atomic mass is 79.9. The van der Waals surface area contributed by atoms with E-state index in [1.54, 1.807) is 12.1 Å². The van der Waals surface area contributed by atoms with Gasteiger partial charge in [-0.2, -0.15) is 13.3 Å². The number of halogens is 1. The third-order valence-corrected chi connectivity index (χ3v) is 5.35. The molecule has 0 radical (unpaired) electrons. The first-order chi connectivity index (χ1) is 10.0. The topological polar surface area (TPSA) is 91.3 Å². The zero-order chi connectivity index (χ0) is 15.0. The van der Waals surface area contributed by atoms with Crippen LogP contribution in [0.15, 0.2) is 38.8 Å². The smallest absolute Gasteiger partial charge is 0.297 e. The van der Waals surface area contributed by atoms with Gasteiger partial charge in [-0.15, -0.1) is 0 Å². The summed E-state index contributed by atoms with van der Waals surface area (Å²) >= 11 is 3.24. The Bertz CT molecular complexity index is 634. The zero-order valence-electron chi connectivity index (χ0n) is 10.7. The van der Waals surface area contributed by atoms with Gasteiger partial charge in [0, 0.05) is 4.47 Å².